The normalized spacial score (nSPS) is 12.1. The van der Waals surface area contributed by atoms with E-state index in [0.29, 0.717) is 16.6 Å². The molecule has 2 N–H and O–H groups in total. The van der Waals surface area contributed by atoms with Crippen molar-refractivity contribution < 1.29 is 19.4 Å². The lowest BCUT2D eigenvalue weighted by Crippen LogP contribution is -2.37. The smallest absolute Gasteiger partial charge is 0.334 e. The fourth-order valence-corrected chi connectivity index (χ4v) is 1.73. The van der Waals surface area contributed by atoms with Crippen molar-refractivity contribution in [2.24, 2.45) is 0 Å². The van der Waals surface area contributed by atoms with Gasteiger partial charge in [0.15, 0.2) is 6.10 Å². The zero-order valence-electron chi connectivity index (χ0n) is 10.7. The molecule has 0 saturated carbocycles. The number of para-hydroxylation sites is 1. The second-order valence-corrected chi connectivity index (χ2v) is 4.00. The van der Waals surface area contributed by atoms with Gasteiger partial charge < -0.3 is 15.2 Å². The molecule has 7 heteroatoms. The van der Waals surface area contributed by atoms with Crippen molar-refractivity contribution in [2.75, 3.05) is 13.7 Å². The van der Waals surface area contributed by atoms with Crippen LogP contribution < -0.4 is 5.32 Å². The predicted octanol–water partition coefficient (Wildman–Crippen LogP) is 0.459. The number of hydrogen-bond acceptors (Lipinski definition) is 5. The van der Waals surface area contributed by atoms with E-state index in [1.807, 2.05) is 0 Å². The Morgan fingerprint density at radius 1 is 1.35 bits per heavy atom. The van der Waals surface area contributed by atoms with Gasteiger partial charge in [-0.15, -0.1) is 0 Å². The van der Waals surface area contributed by atoms with Crippen molar-refractivity contribution in [3.63, 3.8) is 0 Å². The first kappa shape index (κ1) is 13.9. The molecule has 0 aliphatic heterocycles. The Hall–Kier alpha value is -2.54. The molecule has 1 unspecified atom stereocenters. The van der Waals surface area contributed by atoms with Gasteiger partial charge in [-0.25, -0.2) is 4.79 Å². The summed E-state index contributed by atoms with van der Waals surface area (Å²) in [6, 6.07) is 5.04. The number of amides is 1. The van der Waals surface area contributed by atoms with E-state index in [-0.39, 0.29) is 6.54 Å². The predicted molar refractivity (Wildman–Crippen MR) is 70.3 cm³/mol. The summed E-state index contributed by atoms with van der Waals surface area (Å²) in [7, 11) is 1.27. The van der Waals surface area contributed by atoms with Crippen LogP contribution in [0.2, 0.25) is 0 Å². The van der Waals surface area contributed by atoms with Gasteiger partial charge in [0, 0.05) is 19.5 Å². The van der Waals surface area contributed by atoms with E-state index in [0.717, 1.165) is 0 Å². The molecule has 0 radical (unpaired) electrons. The van der Waals surface area contributed by atoms with Gasteiger partial charge in [0.25, 0.3) is 5.91 Å². The molecule has 0 aliphatic rings. The lowest BCUT2D eigenvalue weighted by molar-refractivity contribution is -0.148. The molecule has 2 rings (SSSR count). The minimum Gasteiger partial charge on any atom is -0.479 e. The molecule has 20 heavy (non-hydrogen) atoms. The minimum absolute atomic E-state index is 0.124. The molecule has 1 heterocycles. The first-order chi connectivity index (χ1) is 9.63. The van der Waals surface area contributed by atoms with E-state index in [4.69, 9.17) is 9.84 Å². The van der Waals surface area contributed by atoms with Crippen molar-refractivity contribution in [2.45, 2.75) is 6.10 Å². The van der Waals surface area contributed by atoms with Gasteiger partial charge in [-0.05, 0) is 12.1 Å². The fraction of sp³-hybridized carbons (Fsp3) is 0.231. The van der Waals surface area contributed by atoms with Gasteiger partial charge in [-0.1, -0.05) is 6.07 Å². The number of benzene rings is 1. The second kappa shape index (κ2) is 6.07. The average molecular weight is 275 g/mol. The quantitative estimate of drug-likeness (QED) is 0.822. The number of carbonyl (C=O) groups excluding carboxylic acids is 1. The molecule has 0 bridgehead atoms. The highest BCUT2D eigenvalue weighted by atomic mass is 16.5. The Balaban J connectivity index is 2.18. The van der Waals surface area contributed by atoms with E-state index < -0.39 is 18.0 Å². The maximum Gasteiger partial charge on any atom is 0.334 e. The van der Waals surface area contributed by atoms with Gasteiger partial charge in [-0.2, -0.15) is 0 Å². The number of carbonyl (C=O) groups is 2. The monoisotopic (exact) mass is 275 g/mol. The van der Waals surface area contributed by atoms with Crippen molar-refractivity contribution in [3.8, 4) is 0 Å². The zero-order chi connectivity index (χ0) is 14.5. The second-order valence-electron chi connectivity index (χ2n) is 4.00. The largest absolute Gasteiger partial charge is 0.479 e. The summed E-state index contributed by atoms with van der Waals surface area (Å²) in [5.74, 6) is -1.55. The van der Waals surface area contributed by atoms with Crippen LogP contribution >= 0.6 is 0 Å². The zero-order valence-corrected chi connectivity index (χ0v) is 10.7. The Morgan fingerprint density at radius 3 is 2.80 bits per heavy atom. The molecule has 104 valence electrons. The van der Waals surface area contributed by atoms with Crippen LogP contribution in [0.5, 0.6) is 0 Å². The molecule has 1 aromatic carbocycles. The molecule has 1 amide bonds. The van der Waals surface area contributed by atoms with E-state index in [1.165, 1.54) is 19.5 Å². The molecular formula is C13H13N3O4. The van der Waals surface area contributed by atoms with Gasteiger partial charge in [-0.3, -0.25) is 14.8 Å². The molecule has 0 fully saturated rings. The summed E-state index contributed by atoms with van der Waals surface area (Å²) < 4.78 is 4.74. The first-order valence-corrected chi connectivity index (χ1v) is 5.87. The van der Waals surface area contributed by atoms with Crippen LogP contribution in [0.4, 0.5) is 0 Å². The van der Waals surface area contributed by atoms with Crippen molar-refractivity contribution in [3.05, 3.63) is 36.2 Å². The maximum absolute atomic E-state index is 12.1. The molecule has 0 saturated heterocycles. The topological polar surface area (TPSA) is 101 Å². The fourth-order valence-electron chi connectivity index (χ4n) is 1.73. The molecule has 1 aromatic heterocycles. The molecule has 0 spiro atoms. The molecule has 7 nitrogen and oxygen atoms in total. The van der Waals surface area contributed by atoms with E-state index in [9.17, 15) is 9.59 Å². The number of rotatable bonds is 5. The van der Waals surface area contributed by atoms with E-state index in [2.05, 4.69) is 15.3 Å². The minimum atomic E-state index is -1.13. The Morgan fingerprint density at radius 2 is 2.10 bits per heavy atom. The number of nitrogens with one attached hydrogen (secondary N) is 1. The maximum atomic E-state index is 12.1. The van der Waals surface area contributed by atoms with Crippen LogP contribution in [-0.2, 0) is 9.53 Å². The van der Waals surface area contributed by atoms with E-state index in [1.54, 1.807) is 18.2 Å². The Kier molecular flexibility index (Phi) is 4.21. The Bertz CT molecular complexity index is 639. The van der Waals surface area contributed by atoms with Crippen molar-refractivity contribution in [1.82, 2.24) is 15.3 Å². The van der Waals surface area contributed by atoms with Crippen molar-refractivity contribution in [1.29, 1.82) is 0 Å². The van der Waals surface area contributed by atoms with Gasteiger partial charge in [0.1, 0.15) is 5.52 Å². The van der Waals surface area contributed by atoms with Crippen LogP contribution in [-0.4, -0.2) is 46.7 Å². The standard InChI is InChI=1S/C13H13N3O4/c1-20-10(13(18)19)7-16-12(17)8-3-2-4-9-11(8)15-6-5-14-9/h2-6,10H,7H2,1H3,(H,16,17)(H,18,19). The number of carboxylic acid groups (broad SMARTS) is 1. The third-order valence-electron chi connectivity index (χ3n) is 2.75. The third kappa shape index (κ3) is 2.89. The lowest BCUT2D eigenvalue weighted by atomic mass is 10.1. The molecule has 0 aliphatic carbocycles. The van der Waals surface area contributed by atoms with Crippen LogP contribution in [0.3, 0.4) is 0 Å². The number of aliphatic carboxylic acids is 1. The van der Waals surface area contributed by atoms with Crippen LogP contribution in [0, 0.1) is 0 Å². The van der Waals surface area contributed by atoms with Gasteiger partial charge >= 0.3 is 5.97 Å². The summed E-state index contributed by atoms with van der Waals surface area (Å²) in [6.45, 7) is -0.124. The van der Waals surface area contributed by atoms with Crippen LogP contribution in [0.25, 0.3) is 11.0 Å². The number of methoxy groups -OCH3 is 1. The SMILES string of the molecule is COC(CNC(=O)c1cccc2nccnc12)C(=O)O. The molecular weight excluding hydrogens is 262 g/mol. The molecule has 1 atom stereocenters. The number of fused-ring (bicyclic) bond motifs is 1. The van der Waals surface area contributed by atoms with Gasteiger partial charge in [0.2, 0.25) is 0 Å². The summed E-state index contributed by atoms with van der Waals surface area (Å²) >= 11 is 0. The summed E-state index contributed by atoms with van der Waals surface area (Å²) in [6.07, 6.45) is 1.95. The molecule has 2 aromatic rings. The highest BCUT2D eigenvalue weighted by Crippen LogP contribution is 2.13. The summed E-state index contributed by atoms with van der Waals surface area (Å²) in [5.41, 5.74) is 1.41. The Labute approximate surface area is 114 Å². The van der Waals surface area contributed by atoms with Crippen LogP contribution in [0.15, 0.2) is 30.6 Å². The van der Waals surface area contributed by atoms with Crippen LogP contribution in [0.1, 0.15) is 10.4 Å². The number of hydrogen-bond donors (Lipinski definition) is 2. The highest BCUT2D eigenvalue weighted by Gasteiger charge is 2.18. The third-order valence-corrected chi connectivity index (χ3v) is 2.75. The number of nitrogens with zero attached hydrogens (tertiary/aromatic N) is 2. The highest BCUT2D eigenvalue weighted by molar-refractivity contribution is 6.04. The lowest BCUT2D eigenvalue weighted by Gasteiger charge is -2.12. The number of ether oxygens (including phenoxy) is 1. The van der Waals surface area contributed by atoms with Gasteiger partial charge in [0.05, 0.1) is 17.6 Å². The first-order valence-electron chi connectivity index (χ1n) is 5.87. The summed E-state index contributed by atoms with van der Waals surface area (Å²) in [5, 5.41) is 11.3. The number of carboxylic acids is 1. The summed E-state index contributed by atoms with van der Waals surface area (Å²) in [4.78, 5) is 31.1. The van der Waals surface area contributed by atoms with E-state index >= 15 is 0 Å². The average Bonchev–Trinajstić information content (AvgIpc) is 2.46. The van der Waals surface area contributed by atoms with Crippen molar-refractivity contribution >= 4 is 22.9 Å². The number of aromatic nitrogens is 2.